The fourth-order valence-corrected chi connectivity index (χ4v) is 3.21. The third kappa shape index (κ3) is 3.50. The number of rotatable bonds is 6. The highest BCUT2D eigenvalue weighted by Crippen LogP contribution is 2.44. The predicted octanol–water partition coefficient (Wildman–Crippen LogP) is 0.379. The molecule has 2 heterocycles. The van der Waals surface area contributed by atoms with Crippen LogP contribution in [0.15, 0.2) is 12.2 Å². The Balaban J connectivity index is 1.39. The van der Waals surface area contributed by atoms with E-state index in [-0.39, 0.29) is 35.9 Å². The number of hydrogen-bond donors (Lipinski definition) is 2. The molecule has 0 spiro atoms. The van der Waals surface area contributed by atoms with E-state index in [1.807, 2.05) is 0 Å². The van der Waals surface area contributed by atoms with Crippen molar-refractivity contribution in [2.24, 2.45) is 11.8 Å². The summed E-state index contributed by atoms with van der Waals surface area (Å²) in [6, 6.07) is 0. The van der Waals surface area contributed by atoms with E-state index in [2.05, 4.69) is 17.2 Å². The first-order valence-electron chi connectivity index (χ1n) is 8.14. The van der Waals surface area contributed by atoms with Crippen molar-refractivity contribution in [3.63, 3.8) is 0 Å². The third-order valence-corrected chi connectivity index (χ3v) is 4.64. The van der Waals surface area contributed by atoms with Gasteiger partial charge in [-0.3, -0.25) is 9.59 Å². The number of carbonyl (C=O) groups excluding carboxylic acids is 2. The highest BCUT2D eigenvalue weighted by Gasteiger charge is 2.52. The Kier molecular flexibility index (Phi) is 4.78. The minimum absolute atomic E-state index is 0.113. The van der Waals surface area contributed by atoms with Crippen molar-refractivity contribution in [3.05, 3.63) is 12.2 Å². The van der Waals surface area contributed by atoms with Gasteiger partial charge < -0.3 is 20.1 Å². The molecule has 2 N–H and O–H groups in total. The van der Waals surface area contributed by atoms with Gasteiger partial charge in [-0.1, -0.05) is 12.2 Å². The van der Waals surface area contributed by atoms with Crippen molar-refractivity contribution >= 4 is 11.8 Å². The maximum Gasteiger partial charge on any atom is 0.228 e. The topological polar surface area (TPSA) is 76.7 Å². The Morgan fingerprint density at radius 2 is 1.41 bits per heavy atom. The molecule has 3 aliphatic rings. The van der Waals surface area contributed by atoms with Gasteiger partial charge in [0.25, 0.3) is 0 Å². The first-order valence-corrected chi connectivity index (χ1v) is 8.14. The van der Waals surface area contributed by atoms with Crippen molar-refractivity contribution < 1.29 is 19.1 Å². The second kappa shape index (κ2) is 6.79. The van der Waals surface area contributed by atoms with Crippen LogP contribution in [0, 0.1) is 11.8 Å². The Hall–Kier alpha value is -1.40. The quantitative estimate of drug-likeness (QED) is 0.696. The van der Waals surface area contributed by atoms with Gasteiger partial charge in [0.15, 0.2) is 0 Å². The van der Waals surface area contributed by atoms with Crippen molar-refractivity contribution in [2.45, 2.75) is 37.9 Å². The molecule has 6 heteroatoms. The standard InChI is InChI=1S/C16H24N2O4/c1-10-13(15(19)17-8-11-4-2-6-21-11)14(10)16(20)18-9-12-5-3-7-22-12/h11-14H,1-9H2,(H,17,19)(H,18,20)/t11-,12-,13-,14+/m0/s1. The Morgan fingerprint density at radius 1 is 0.955 bits per heavy atom. The summed E-state index contributed by atoms with van der Waals surface area (Å²) in [5.74, 6) is -0.993. The summed E-state index contributed by atoms with van der Waals surface area (Å²) >= 11 is 0. The molecule has 2 aliphatic heterocycles. The summed E-state index contributed by atoms with van der Waals surface area (Å²) in [6.45, 7) is 6.43. The molecule has 0 aromatic heterocycles. The molecule has 4 atom stereocenters. The zero-order valence-corrected chi connectivity index (χ0v) is 12.8. The number of hydrogen-bond acceptors (Lipinski definition) is 4. The molecule has 1 saturated carbocycles. The normalized spacial score (nSPS) is 33.7. The first-order chi connectivity index (χ1) is 10.7. The third-order valence-electron chi connectivity index (χ3n) is 4.64. The summed E-state index contributed by atoms with van der Waals surface area (Å²) in [5.41, 5.74) is 0.703. The fourth-order valence-electron chi connectivity index (χ4n) is 3.21. The monoisotopic (exact) mass is 308 g/mol. The second-order valence-corrected chi connectivity index (χ2v) is 6.29. The molecule has 3 rings (SSSR count). The highest BCUT2D eigenvalue weighted by molar-refractivity contribution is 5.99. The molecule has 0 unspecified atom stereocenters. The summed E-state index contributed by atoms with van der Waals surface area (Å²) in [5, 5.41) is 5.74. The van der Waals surface area contributed by atoms with Crippen LogP contribution in [0.25, 0.3) is 0 Å². The minimum atomic E-state index is -0.383. The maximum atomic E-state index is 12.1. The predicted molar refractivity (Wildman–Crippen MR) is 80.1 cm³/mol. The SMILES string of the molecule is C=C1[C@H](C(=O)NC[C@@H]2CCCO2)[C@@H]1C(=O)NC[C@@H]1CCCO1. The van der Waals surface area contributed by atoms with Crippen molar-refractivity contribution in [1.29, 1.82) is 0 Å². The molecule has 2 saturated heterocycles. The average molecular weight is 308 g/mol. The lowest BCUT2D eigenvalue weighted by molar-refractivity contribution is -0.127. The molecule has 0 radical (unpaired) electrons. The molecule has 22 heavy (non-hydrogen) atoms. The van der Waals surface area contributed by atoms with E-state index in [1.165, 1.54) is 0 Å². The molecule has 0 aromatic carbocycles. The van der Waals surface area contributed by atoms with Crippen LogP contribution in [0.5, 0.6) is 0 Å². The molecule has 3 fully saturated rings. The van der Waals surface area contributed by atoms with Crippen LogP contribution in [0.3, 0.4) is 0 Å². The van der Waals surface area contributed by atoms with Crippen LogP contribution >= 0.6 is 0 Å². The van der Waals surface area contributed by atoms with Gasteiger partial charge in [-0.25, -0.2) is 0 Å². The number of carbonyl (C=O) groups is 2. The molecule has 6 nitrogen and oxygen atoms in total. The van der Waals surface area contributed by atoms with Gasteiger partial charge >= 0.3 is 0 Å². The van der Waals surface area contributed by atoms with Gasteiger partial charge in [0.05, 0.1) is 24.0 Å². The summed E-state index contributed by atoms with van der Waals surface area (Å²) in [6.07, 6.45) is 4.29. The van der Waals surface area contributed by atoms with E-state index < -0.39 is 0 Å². The van der Waals surface area contributed by atoms with Gasteiger partial charge in [-0.15, -0.1) is 0 Å². The van der Waals surface area contributed by atoms with E-state index >= 15 is 0 Å². The molecule has 2 amide bonds. The average Bonchev–Trinajstić information content (AvgIpc) is 2.98. The molecule has 0 bridgehead atoms. The van der Waals surface area contributed by atoms with Crippen molar-refractivity contribution in [2.75, 3.05) is 26.3 Å². The summed E-state index contributed by atoms with van der Waals surface area (Å²) in [4.78, 5) is 24.2. The van der Waals surface area contributed by atoms with Crippen LogP contribution in [-0.4, -0.2) is 50.3 Å². The van der Waals surface area contributed by atoms with E-state index in [1.54, 1.807) is 0 Å². The van der Waals surface area contributed by atoms with Crippen molar-refractivity contribution in [3.8, 4) is 0 Å². The number of nitrogens with one attached hydrogen (secondary N) is 2. The van der Waals surface area contributed by atoms with Crippen molar-refractivity contribution in [1.82, 2.24) is 10.6 Å². The van der Waals surface area contributed by atoms with E-state index in [0.717, 1.165) is 38.9 Å². The van der Waals surface area contributed by atoms with Gasteiger partial charge in [-0.2, -0.15) is 0 Å². The molecular weight excluding hydrogens is 284 g/mol. The first kappa shape index (κ1) is 15.5. The van der Waals surface area contributed by atoms with E-state index in [0.29, 0.717) is 18.7 Å². The smallest absolute Gasteiger partial charge is 0.228 e. The Labute approximate surface area is 130 Å². The van der Waals surface area contributed by atoms with E-state index in [9.17, 15) is 9.59 Å². The molecule has 122 valence electrons. The maximum absolute atomic E-state index is 12.1. The molecule has 1 aliphatic carbocycles. The van der Waals surface area contributed by atoms with Crippen LogP contribution < -0.4 is 10.6 Å². The lowest BCUT2D eigenvalue weighted by Crippen LogP contribution is -2.36. The Bertz CT molecular complexity index is 413. The van der Waals surface area contributed by atoms with E-state index in [4.69, 9.17) is 9.47 Å². The van der Waals surface area contributed by atoms with Crippen LogP contribution in [0.4, 0.5) is 0 Å². The highest BCUT2D eigenvalue weighted by atomic mass is 16.5. The number of ether oxygens (including phenoxy) is 2. The van der Waals surface area contributed by atoms with Gasteiger partial charge in [-0.05, 0) is 25.7 Å². The summed E-state index contributed by atoms with van der Waals surface area (Å²) < 4.78 is 10.9. The van der Waals surface area contributed by atoms with Gasteiger partial charge in [0.1, 0.15) is 0 Å². The van der Waals surface area contributed by atoms with Crippen LogP contribution in [-0.2, 0) is 19.1 Å². The largest absolute Gasteiger partial charge is 0.376 e. The fraction of sp³-hybridized carbons (Fsp3) is 0.750. The zero-order chi connectivity index (χ0) is 15.5. The van der Waals surface area contributed by atoms with Gasteiger partial charge in [0, 0.05) is 26.3 Å². The second-order valence-electron chi connectivity index (χ2n) is 6.29. The van der Waals surface area contributed by atoms with Crippen LogP contribution in [0.1, 0.15) is 25.7 Å². The molecular formula is C16H24N2O4. The summed E-state index contributed by atoms with van der Waals surface area (Å²) in [7, 11) is 0. The molecule has 0 aromatic rings. The van der Waals surface area contributed by atoms with Gasteiger partial charge in [0.2, 0.25) is 11.8 Å². The Morgan fingerprint density at radius 3 is 1.77 bits per heavy atom. The number of amides is 2. The zero-order valence-electron chi connectivity index (χ0n) is 12.8. The lowest BCUT2D eigenvalue weighted by atomic mass is 10.2. The van der Waals surface area contributed by atoms with Crippen LogP contribution in [0.2, 0.25) is 0 Å². The lowest BCUT2D eigenvalue weighted by Gasteiger charge is -2.11. The minimum Gasteiger partial charge on any atom is -0.376 e.